The first-order valence-corrected chi connectivity index (χ1v) is 16.9. The molecule has 0 radical (unpaired) electrons. The van der Waals surface area contributed by atoms with Gasteiger partial charge in [-0.25, -0.2) is 0 Å². The molecule has 1 aliphatic rings. The molecule has 1 heteroatoms. The van der Waals surface area contributed by atoms with E-state index in [1.165, 1.54) is 87.4 Å². The van der Waals surface area contributed by atoms with Crippen molar-refractivity contribution >= 4 is 53.9 Å². The molecule has 226 valence electrons. The largest absolute Gasteiger partial charge is 0.455 e. The molecular weight excluding hydrogens is 593 g/mol. The molecule has 1 heterocycles. The number of rotatable bonds is 3. The van der Waals surface area contributed by atoms with E-state index in [1.807, 2.05) is 0 Å². The zero-order valence-corrected chi connectivity index (χ0v) is 26.6. The van der Waals surface area contributed by atoms with Crippen molar-refractivity contribution in [1.29, 1.82) is 0 Å². The molecule has 10 aromatic carbocycles. The van der Waals surface area contributed by atoms with Crippen molar-refractivity contribution < 1.29 is 4.74 Å². The summed E-state index contributed by atoms with van der Waals surface area (Å²) in [7, 11) is 0. The maximum atomic E-state index is 6.69. The predicted molar refractivity (Wildman–Crippen MR) is 207 cm³/mol. The second-order valence-corrected chi connectivity index (χ2v) is 13.2. The van der Waals surface area contributed by atoms with Crippen molar-refractivity contribution in [3.8, 4) is 56.0 Å². The minimum atomic E-state index is 0.913. The fraction of sp³-hybridized carbons (Fsp3) is 0. The lowest BCUT2D eigenvalue weighted by atomic mass is 9.86. The van der Waals surface area contributed by atoms with E-state index in [0.717, 1.165) is 22.4 Å². The summed E-state index contributed by atoms with van der Waals surface area (Å²) in [5.74, 6) is 1.86. The summed E-state index contributed by atoms with van der Waals surface area (Å²) >= 11 is 0. The van der Waals surface area contributed by atoms with Gasteiger partial charge in [0, 0.05) is 16.3 Å². The zero-order chi connectivity index (χ0) is 32.1. The summed E-state index contributed by atoms with van der Waals surface area (Å²) in [6, 6.07) is 62.0. The van der Waals surface area contributed by atoms with E-state index in [-0.39, 0.29) is 0 Å². The molecule has 0 bridgehead atoms. The summed E-state index contributed by atoms with van der Waals surface area (Å²) in [5.41, 5.74) is 9.76. The molecule has 0 saturated heterocycles. The Kier molecular flexibility index (Phi) is 5.45. The molecule has 49 heavy (non-hydrogen) atoms. The van der Waals surface area contributed by atoms with Gasteiger partial charge in [0.15, 0.2) is 0 Å². The van der Waals surface area contributed by atoms with Crippen LogP contribution in [0.1, 0.15) is 0 Å². The minimum Gasteiger partial charge on any atom is -0.455 e. The Morgan fingerprint density at radius 2 is 0.816 bits per heavy atom. The highest BCUT2D eigenvalue weighted by atomic mass is 16.5. The highest BCUT2D eigenvalue weighted by Gasteiger charge is 2.23. The van der Waals surface area contributed by atoms with Gasteiger partial charge in [0.1, 0.15) is 11.5 Å². The van der Waals surface area contributed by atoms with Gasteiger partial charge >= 0.3 is 0 Å². The number of fused-ring (bicyclic) bond motifs is 4. The Bertz CT molecular complexity index is 2950. The molecule has 0 unspecified atom stereocenters. The first kappa shape index (κ1) is 26.6. The average molecular weight is 621 g/mol. The van der Waals surface area contributed by atoms with Crippen LogP contribution in [-0.2, 0) is 0 Å². The van der Waals surface area contributed by atoms with E-state index >= 15 is 0 Å². The van der Waals surface area contributed by atoms with Crippen LogP contribution < -0.4 is 4.74 Å². The summed E-state index contributed by atoms with van der Waals surface area (Å²) in [4.78, 5) is 0. The van der Waals surface area contributed by atoms with Gasteiger partial charge < -0.3 is 4.74 Å². The maximum Gasteiger partial charge on any atom is 0.143 e. The van der Waals surface area contributed by atoms with Crippen molar-refractivity contribution in [1.82, 2.24) is 0 Å². The van der Waals surface area contributed by atoms with Gasteiger partial charge in [-0.1, -0.05) is 152 Å². The third-order valence-electron chi connectivity index (χ3n) is 10.6. The molecule has 0 saturated carbocycles. The topological polar surface area (TPSA) is 9.23 Å². The van der Waals surface area contributed by atoms with Crippen LogP contribution in [0.4, 0.5) is 0 Å². The lowest BCUT2D eigenvalue weighted by Crippen LogP contribution is -1.98. The second kappa shape index (κ2) is 10.0. The van der Waals surface area contributed by atoms with E-state index < -0.39 is 0 Å². The van der Waals surface area contributed by atoms with Crippen LogP contribution in [0, 0.1) is 0 Å². The van der Waals surface area contributed by atoms with Crippen LogP contribution in [0.5, 0.6) is 11.5 Å². The van der Waals surface area contributed by atoms with Gasteiger partial charge in [0.25, 0.3) is 0 Å². The third-order valence-corrected chi connectivity index (χ3v) is 10.6. The lowest BCUT2D eigenvalue weighted by Gasteiger charge is -2.24. The first-order valence-electron chi connectivity index (χ1n) is 16.9. The number of benzene rings is 10. The van der Waals surface area contributed by atoms with Gasteiger partial charge in [-0.15, -0.1) is 0 Å². The molecule has 0 amide bonds. The van der Waals surface area contributed by atoms with E-state index in [4.69, 9.17) is 4.74 Å². The van der Waals surface area contributed by atoms with Crippen molar-refractivity contribution in [2.45, 2.75) is 0 Å². The van der Waals surface area contributed by atoms with Gasteiger partial charge in [-0.3, -0.25) is 0 Å². The number of hydrogen-bond acceptors (Lipinski definition) is 1. The van der Waals surface area contributed by atoms with E-state index in [9.17, 15) is 0 Å². The quantitative estimate of drug-likeness (QED) is 0.179. The fourth-order valence-corrected chi connectivity index (χ4v) is 8.39. The van der Waals surface area contributed by atoms with Gasteiger partial charge in [0.2, 0.25) is 0 Å². The summed E-state index contributed by atoms with van der Waals surface area (Å²) in [5, 5.41) is 12.5. The van der Waals surface area contributed by atoms with E-state index in [0.29, 0.717) is 0 Å². The van der Waals surface area contributed by atoms with Crippen molar-refractivity contribution in [2.24, 2.45) is 0 Å². The highest BCUT2D eigenvalue weighted by molar-refractivity contribution is 6.27. The molecule has 0 aromatic heterocycles. The second-order valence-electron chi connectivity index (χ2n) is 13.2. The molecule has 0 spiro atoms. The molecule has 0 N–H and O–H groups in total. The van der Waals surface area contributed by atoms with Crippen molar-refractivity contribution in [2.75, 3.05) is 0 Å². The maximum absolute atomic E-state index is 6.69. The van der Waals surface area contributed by atoms with Gasteiger partial charge in [-0.2, -0.15) is 0 Å². The third kappa shape index (κ3) is 3.82. The Balaban J connectivity index is 1.09. The first-order chi connectivity index (χ1) is 24.3. The molecule has 0 atom stereocenters. The smallest absolute Gasteiger partial charge is 0.143 e. The molecule has 0 fully saturated rings. The van der Waals surface area contributed by atoms with Crippen LogP contribution in [0.2, 0.25) is 0 Å². The predicted octanol–water partition coefficient (Wildman–Crippen LogP) is 13.7. The molecule has 10 aromatic rings. The Morgan fingerprint density at radius 1 is 0.286 bits per heavy atom. The van der Waals surface area contributed by atoms with Crippen LogP contribution >= 0.6 is 0 Å². The molecular formula is C48H28O. The minimum absolute atomic E-state index is 0.913. The molecule has 11 rings (SSSR count). The average Bonchev–Trinajstić information content (AvgIpc) is 3.17. The summed E-state index contributed by atoms with van der Waals surface area (Å²) in [6.45, 7) is 0. The monoisotopic (exact) mass is 620 g/mol. The van der Waals surface area contributed by atoms with E-state index in [2.05, 4.69) is 170 Å². The van der Waals surface area contributed by atoms with Crippen LogP contribution in [0.3, 0.4) is 0 Å². The lowest BCUT2D eigenvalue weighted by molar-refractivity contribution is 0.493. The van der Waals surface area contributed by atoms with Gasteiger partial charge in [-0.05, 0) is 100 Å². The van der Waals surface area contributed by atoms with Crippen molar-refractivity contribution in [3.63, 3.8) is 0 Å². The highest BCUT2D eigenvalue weighted by Crippen LogP contribution is 2.51. The molecule has 0 aliphatic carbocycles. The Morgan fingerprint density at radius 3 is 1.57 bits per heavy atom. The number of ether oxygens (including phenoxy) is 1. The summed E-state index contributed by atoms with van der Waals surface area (Å²) < 4.78 is 6.69. The van der Waals surface area contributed by atoms with Crippen LogP contribution in [0.25, 0.3) is 98.4 Å². The molecule has 1 aliphatic heterocycles. The van der Waals surface area contributed by atoms with Crippen molar-refractivity contribution in [3.05, 3.63) is 170 Å². The normalized spacial score (nSPS) is 12.2. The SMILES string of the molecule is c1ccc(-c2ccc3ccc4c(-c5cccc(-c6ccc7c8c(cccc68)-c6ccc8ccccc8c6O7)c5)ccc5ccc2c3c54)cc1. The zero-order valence-electron chi connectivity index (χ0n) is 26.6. The van der Waals surface area contributed by atoms with Crippen LogP contribution in [0.15, 0.2) is 170 Å². The van der Waals surface area contributed by atoms with Gasteiger partial charge in [0.05, 0.1) is 0 Å². The Labute approximate surface area is 283 Å². The van der Waals surface area contributed by atoms with E-state index in [1.54, 1.807) is 0 Å². The standard InChI is InChI=1S/C48H28O/c1-2-8-29(9-3-1)35-21-17-31-20-24-42-36(22-18-32-19-23-41(35)45(31)46(32)42)33-11-6-12-34(28-33)37-26-27-44-47-39(37)14-7-15-40(47)43-25-16-30-10-4-5-13-38(30)48(43)49-44/h1-28H. The Hall–Kier alpha value is -6.44. The van der Waals surface area contributed by atoms with Crippen LogP contribution in [-0.4, -0.2) is 0 Å². The fourth-order valence-electron chi connectivity index (χ4n) is 8.39. The molecule has 1 nitrogen and oxygen atoms in total. The summed E-state index contributed by atoms with van der Waals surface area (Å²) in [6.07, 6.45) is 0. The number of hydrogen-bond donors (Lipinski definition) is 0.